The summed E-state index contributed by atoms with van der Waals surface area (Å²) >= 11 is 0. The summed E-state index contributed by atoms with van der Waals surface area (Å²) in [5.41, 5.74) is -0.328. The third kappa shape index (κ3) is 4.63. The van der Waals surface area contributed by atoms with E-state index >= 15 is 0 Å². The highest BCUT2D eigenvalue weighted by atomic mass is 16.5. The van der Waals surface area contributed by atoms with Crippen molar-refractivity contribution in [3.05, 3.63) is 59.2 Å². The average Bonchev–Trinajstić information content (AvgIpc) is 2.65. The molecule has 0 radical (unpaired) electrons. The Morgan fingerprint density at radius 3 is 2.22 bits per heavy atom. The van der Waals surface area contributed by atoms with E-state index in [9.17, 15) is 19.5 Å². The van der Waals surface area contributed by atoms with E-state index in [2.05, 4.69) is 5.32 Å². The number of aromatic carboxylic acids is 1. The van der Waals surface area contributed by atoms with Gasteiger partial charge in [0.15, 0.2) is 11.5 Å². The minimum atomic E-state index is -1.46. The zero-order chi connectivity index (χ0) is 20.0. The van der Waals surface area contributed by atoms with Gasteiger partial charge in [-0.3, -0.25) is 4.79 Å². The van der Waals surface area contributed by atoms with E-state index in [0.29, 0.717) is 17.1 Å². The highest BCUT2D eigenvalue weighted by molar-refractivity contribution is 6.24. The van der Waals surface area contributed by atoms with Crippen molar-refractivity contribution in [2.45, 2.75) is 0 Å². The minimum Gasteiger partial charge on any atom is -0.493 e. The molecule has 0 saturated carbocycles. The summed E-state index contributed by atoms with van der Waals surface area (Å²) in [7, 11) is 2.89. The number of amides is 1. The van der Waals surface area contributed by atoms with Crippen LogP contribution in [0.25, 0.3) is 6.08 Å². The molecule has 8 nitrogen and oxygen atoms in total. The van der Waals surface area contributed by atoms with Crippen LogP contribution in [0.15, 0.2) is 48.0 Å². The first kappa shape index (κ1) is 19.5. The summed E-state index contributed by atoms with van der Waals surface area (Å²) in [4.78, 5) is 35.2. The highest BCUT2D eigenvalue weighted by Gasteiger charge is 2.20. The third-order valence-corrected chi connectivity index (χ3v) is 3.60. The fraction of sp³-hybridized carbons (Fsp3) is 0.105. The lowest BCUT2D eigenvalue weighted by Gasteiger charge is -2.10. The molecule has 0 bridgehead atoms. The van der Waals surface area contributed by atoms with Crippen LogP contribution < -0.4 is 14.8 Å². The van der Waals surface area contributed by atoms with Gasteiger partial charge in [-0.05, 0) is 35.9 Å². The van der Waals surface area contributed by atoms with Gasteiger partial charge in [-0.15, -0.1) is 0 Å². The molecule has 27 heavy (non-hydrogen) atoms. The first-order chi connectivity index (χ1) is 12.9. The van der Waals surface area contributed by atoms with Crippen molar-refractivity contribution in [3.8, 4) is 11.5 Å². The molecule has 140 valence electrons. The van der Waals surface area contributed by atoms with Crippen LogP contribution in [0.3, 0.4) is 0 Å². The van der Waals surface area contributed by atoms with Crippen LogP contribution in [0.5, 0.6) is 11.5 Å². The fourth-order valence-corrected chi connectivity index (χ4v) is 2.30. The number of carbonyl (C=O) groups is 3. The van der Waals surface area contributed by atoms with E-state index < -0.39 is 23.4 Å². The zero-order valence-corrected chi connectivity index (χ0v) is 14.6. The molecule has 8 heteroatoms. The van der Waals surface area contributed by atoms with Crippen molar-refractivity contribution in [2.24, 2.45) is 0 Å². The van der Waals surface area contributed by atoms with Crippen LogP contribution in [0.2, 0.25) is 0 Å². The van der Waals surface area contributed by atoms with Gasteiger partial charge in [-0.25, -0.2) is 9.59 Å². The van der Waals surface area contributed by atoms with Gasteiger partial charge < -0.3 is 25.0 Å². The molecule has 0 spiro atoms. The van der Waals surface area contributed by atoms with Crippen LogP contribution in [0.4, 0.5) is 5.69 Å². The number of para-hydroxylation sites is 1. The van der Waals surface area contributed by atoms with Crippen LogP contribution in [0.1, 0.15) is 15.9 Å². The van der Waals surface area contributed by atoms with Gasteiger partial charge in [-0.1, -0.05) is 18.2 Å². The van der Waals surface area contributed by atoms with Crippen LogP contribution in [0, 0.1) is 0 Å². The van der Waals surface area contributed by atoms with Gasteiger partial charge in [0.05, 0.1) is 25.5 Å². The summed E-state index contributed by atoms with van der Waals surface area (Å²) in [6, 6.07) is 10.3. The molecule has 0 fully saturated rings. The molecule has 0 atom stereocenters. The van der Waals surface area contributed by atoms with E-state index in [1.807, 2.05) is 0 Å². The maximum atomic E-state index is 12.4. The standard InChI is InChI=1S/C19H17NO7/c1-26-15-8-7-11(10-16(15)27-2)9-13(19(24)25)17(21)20-14-6-4-3-5-12(14)18(22)23/h3-10H,1-2H3,(H,20,21)(H,22,23)(H,24,25). The molecule has 1 amide bonds. The Kier molecular flexibility index (Phi) is 6.16. The number of nitrogens with one attached hydrogen (secondary N) is 1. The molecule has 2 rings (SSSR count). The van der Waals surface area contributed by atoms with E-state index in [-0.39, 0.29) is 11.3 Å². The van der Waals surface area contributed by atoms with E-state index in [1.54, 1.807) is 12.1 Å². The van der Waals surface area contributed by atoms with Gasteiger partial charge in [0, 0.05) is 0 Å². The monoisotopic (exact) mass is 371 g/mol. The minimum absolute atomic E-state index is 0.00513. The molecule has 0 heterocycles. The predicted molar refractivity (Wildman–Crippen MR) is 97.2 cm³/mol. The highest BCUT2D eigenvalue weighted by Crippen LogP contribution is 2.28. The van der Waals surface area contributed by atoms with Gasteiger partial charge in [0.2, 0.25) is 0 Å². The van der Waals surface area contributed by atoms with Crippen molar-refractivity contribution >= 4 is 29.6 Å². The second-order valence-corrected chi connectivity index (χ2v) is 5.28. The number of benzene rings is 2. The lowest BCUT2D eigenvalue weighted by molar-refractivity contribution is -0.134. The summed E-state index contributed by atoms with van der Waals surface area (Å²) in [5, 5.41) is 20.9. The molecule has 2 aromatic carbocycles. The third-order valence-electron chi connectivity index (χ3n) is 3.60. The Balaban J connectivity index is 2.38. The van der Waals surface area contributed by atoms with Gasteiger partial charge in [-0.2, -0.15) is 0 Å². The van der Waals surface area contributed by atoms with Gasteiger partial charge in [0.25, 0.3) is 5.91 Å². The van der Waals surface area contributed by atoms with Crippen LogP contribution in [-0.4, -0.2) is 42.3 Å². The second-order valence-electron chi connectivity index (χ2n) is 5.28. The number of carbonyl (C=O) groups excluding carboxylic acids is 1. The smallest absolute Gasteiger partial charge is 0.341 e. The quantitative estimate of drug-likeness (QED) is 0.388. The summed E-state index contributed by atoms with van der Waals surface area (Å²) in [6.07, 6.45) is 1.16. The first-order valence-electron chi connectivity index (χ1n) is 7.68. The van der Waals surface area contributed by atoms with E-state index in [0.717, 1.165) is 6.08 Å². The number of hydrogen-bond acceptors (Lipinski definition) is 5. The Bertz CT molecular complexity index is 918. The maximum absolute atomic E-state index is 12.4. The Morgan fingerprint density at radius 1 is 0.963 bits per heavy atom. The Hall–Kier alpha value is -3.81. The summed E-state index contributed by atoms with van der Waals surface area (Å²) in [6.45, 7) is 0. The molecule has 0 aliphatic heterocycles. The number of carboxylic acids is 2. The number of rotatable bonds is 7. The lowest BCUT2D eigenvalue weighted by Crippen LogP contribution is -2.21. The van der Waals surface area contributed by atoms with Crippen molar-refractivity contribution in [1.82, 2.24) is 0 Å². The van der Waals surface area contributed by atoms with E-state index in [4.69, 9.17) is 14.6 Å². The van der Waals surface area contributed by atoms with Crippen molar-refractivity contribution in [1.29, 1.82) is 0 Å². The lowest BCUT2D eigenvalue weighted by atomic mass is 10.1. The molecule has 2 aromatic rings. The SMILES string of the molecule is COc1ccc(C=C(C(=O)O)C(=O)Nc2ccccc2C(=O)O)cc1OC. The number of hydrogen-bond donors (Lipinski definition) is 3. The summed E-state index contributed by atoms with van der Waals surface area (Å²) in [5.74, 6) is -2.84. The van der Waals surface area contributed by atoms with Crippen LogP contribution >= 0.6 is 0 Å². The number of aliphatic carboxylic acids is 1. The first-order valence-corrected chi connectivity index (χ1v) is 7.68. The Morgan fingerprint density at radius 2 is 1.63 bits per heavy atom. The van der Waals surface area contributed by atoms with Crippen molar-refractivity contribution in [3.63, 3.8) is 0 Å². The largest absolute Gasteiger partial charge is 0.493 e. The number of carboxylic acid groups (broad SMARTS) is 2. The molecule has 0 unspecified atom stereocenters. The predicted octanol–water partition coefficient (Wildman–Crippen LogP) is 2.51. The number of anilines is 1. The second kappa shape index (κ2) is 8.52. The van der Waals surface area contributed by atoms with Crippen molar-refractivity contribution in [2.75, 3.05) is 19.5 Å². The molecular weight excluding hydrogens is 354 g/mol. The zero-order valence-electron chi connectivity index (χ0n) is 14.6. The average molecular weight is 371 g/mol. The normalized spacial score (nSPS) is 10.8. The Labute approximate surface area is 154 Å². The summed E-state index contributed by atoms with van der Waals surface area (Å²) < 4.78 is 10.3. The number of methoxy groups -OCH3 is 2. The molecular formula is C19H17NO7. The van der Waals surface area contributed by atoms with Crippen LogP contribution in [-0.2, 0) is 9.59 Å². The van der Waals surface area contributed by atoms with Crippen molar-refractivity contribution < 1.29 is 34.1 Å². The molecule has 0 aliphatic rings. The fourth-order valence-electron chi connectivity index (χ4n) is 2.30. The maximum Gasteiger partial charge on any atom is 0.341 e. The molecule has 0 aromatic heterocycles. The topological polar surface area (TPSA) is 122 Å². The van der Waals surface area contributed by atoms with Gasteiger partial charge in [0.1, 0.15) is 5.57 Å². The molecule has 3 N–H and O–H groups in total. The number of ether oxygens (including phenoxy) is 2. The van der Waals surface area contributed by atoms with E-state index in [1.165, 1.54) is 44.6 Å². The molecule has 0 saturated heterocycles. The van der Waals surface area contributed by atoms with Gasteiger partial charge >= 0.3 is 11.9 Å². The molecule has 0 aliphatic carbocycles.